The molecule has 1 aliphatic carbocycles. The highest BCUT2D eigenvalue weighted by molar-refractivity contribution is 6.18. The lowest BCUT2D eigenvalue weighted by Crippen LogP contribution is -2.06. The first-order valence-electron chi connectivity index (χ1n) is 7.50. The maximum absolute atomic E-state index is 5.99. The quantitative estimate of drug-likeness (QED) is 0.542. The summed E-state index contributed by atoms with van der Waals surface area (Å²) in [4.78, 5) is 4.91. The standard InChI is InChI=1S/C20H18ClN/c21-15-16-8-7-13-19(14-16)22-20(17-9-3-1-4-10-17)18-11-5-2-6-12-18/h1-7,9-14,16H,8,15H2. The summed E-state index contributed by atoms with van der Waals surface area (Å²) < 4.78 is 0. The van der Waals surface area contributed by atoms with Crippen molar-refractivity contribution >= 4 is 17.3 Å². The zero-order chi connectivity index (χ0) is 15.2. The lowest BCUT2D eigenvalue weighted by Gasteiger charge is -2.13. The molecule has 0 fully saturated rings. The Bertz CT molecular complexity index is 658. The van der Waals surface area contributed by atoms with Gasteiger partial charge >= 0.3 is 0 Å². The molecule has 2 aromatic rings. The van der Waals surface area contributed by atoms with Crippen LogP contribution in [0.4, 0.5) is 0 Å². The van der Waals surface area contributed by atoms with E-state index in [4.69, 9.17) is 16.6 Å². The fourth-order valence-electron chi connectivity index (χ4n) is 2.53. The molecule has 1 atom stereocenters. The summed E-state index contributed by atoms with van der Waals surface area (Å²) in [7, 11) is 0. The third kappa shape index (κ3) is 3.55. The van der Waals surface area contributed by atoms with Crippen LogP contribution in [0.2, 0.25) is 0 Å². The first kappa shape index (κ1) is 14.8. The molecule has 1 unspecified atom stereocenters. The molecule has 0 N–H and O–H groups in total. The second kappa shape index (κ2) is 7.24. The molecule has 2 heteroatoms. The second-order valence-corrected chi connectivity index (χ2v) is 5.65. The zero-order valence-electron chi connectivity index (χ0n) is 12.3. The van der Waals surface area contributed by atoms with Crippen LogP contribution in [0.5, 0.6) is 0 Å². The lowest BCUT2D eigenvalue weighted by molar-refractivity contribution is 0.735. The van der Waals surface area contributed by atoms with Crippen molar-refractivity contribution in [2.75, 3.05) is 5.88 Å². The van der Waals surface area contributed by atoms with E-state index in [1.807, 2.05) is 36.4 Å². The Kier molecular flexibility index (Phi) is 4.87. The van der Waals surface area contributed by atoms with Gasteiger partial charge < -0.3 is 0 Å². The summed E-state index contributed by atoms with van der Waals surface area (Å²) in [5.41, 5.74) is 4.22. The van der Waals surface area contributed by atoms with Crippen LogP contribution < -0.4 is 0 Å². The largest absolute Gasteiger partial charge is 0.248 e. The van der Waals surface area contributed by atoms with Gasteiger partial charge in [0.15, 0.2) is 0 Å². The summed E-state index contributed by atoms with van der Waals surface area (Å²) in [6.07, 6.45) is 7.39. The predicted octanol–water partition coefficient (Wildman–Crippen LogP) is 5.22. The molecule has 1 aliphatic rings. The molecule has 0 saturated carbocycles. The molecular formula is C20H18ClN. The van der Waals surface area contributed by atoms with Crippen LogP contribution >= 0.6 is 11.6 Å². The van der Waals surface area contributed by atoms with Gasteiger partial charge in [-0.2, -0.15) is 0 Å². The van der Waals surface area contributed by atoms with Gasteiger partial charge in [0.1, 0.15) is 0 Å². The van der Waals surface area contributed by atoms with Crippen molar-refractivity contribution in [3.05, 3.63) is 95.7 Å². The van der Waals surface area contributed by atoms with Crippen LogP contribution in [-0.2, 0) is 0 Å². The Morgan fingerprint density at radius 2 is 1.55 bits per heavy atom. The van der Waals surface area contributed by atoms with Crippen molar-refractivity contribution in [1.29, 1.82) is 0 Å². The smallest absolute Gasteiger partial charge is 0.0781 e. The maximum atomic E-state index is 5.99. The number of hydrogen-bond donors (Lipinski definition) is 0. The average Bonchev–Trinajstić information content (AvgIpc) is 2.61. The van der Waals surface area contributed by atoms with E-state index in [0.717, 1.165) is 29.0 Å². The summed E-state index contributed by atoms with van der Waals surface area (Å²) in [5.74, 6) is 1.01. The molecule has 110 valence electrons. The summed E-state index contributed by atoms with van der Waals surface area (Å²) in [5, 5.41) is 0. The number of halogens is 1. The van der Waals surface area contributed by atoms with Crippen LogP contribution in [0.15, 0.2) is 89.6 Å². The molecule has 0 radical (unpaired) electrons. The van der Waals surface area contributed by atoms with Crippen molar-refractivity contribution in [3.63, 3.8) is 0 Å². The van der Waals surface area contributed by atoms with Crippen molar-refractivity contribution in [1.82, 2.24) is 0 Å². The third-order valence-electron chi connectivity index (χ3n) is 3.67. The molecule has 2 aromatic carbocycles. The molecule has 1 nitrogen and oxygen atoms in total. The monoisotopic (exact) mass is 307 g/mol. The molecule has 0 spiro atoms. The number of benzene rings is 2. The Balaban J connectivity index is 2.05. The van der Waals surface area contributed by atoms with Gasteiger partial charge in [-0.3, -0.25) is 0 Å². The number of rotatable bonds is 4. The normalized spacial score (nSPS) is 17.0. The van der Waals surface area contributed by atoms with Gasteiger partial charge in [-0.25, -0.2) is 4.99 Å². The van der Waals surface area contributed by atoms with Crippen LogP contribution in [0, 0.1) is 5.92 Å². The van der Waals surface area contributed by atoms with Crippen LogP contribution in [-0.4, -0.2) is 11.6 Å². The second-order valence-electron chi connectivity index (χ2n) is 5.34. The highest BCUT2D eigenvalue weighted by Crippen LogP contribution is 2.21. The van der Waals surface area contributed by atoms with Crippen LogP contribution in [0.3, 0.4) is 0 Å². The average molecular weight is 308 g/mol. The lowest BCUT2D eigenvalue weighted by atomic mass is 9.99. The van der Waals surface area contributed by atoms with E-state index in [2.05, 4.69) is 42.5 Å². The molecule has 22 heavy (non-hydrogen) atoms. The van der Waals surface area contributed by atoms with E-state index in [-0.39, 0.29) is 0 Å². The van der Waals surface area contributed by atoms with E-state index in [1.165, 1.54) is 0 Å². The minimum absolute atomic E-state index is 0.373. The minimum Gasteiger partial charge on any atom is -0.248 e. The van der Waals surface area contributed by atoms with Gasteiger partial charge in [0.2, 0.25) is 0 Å². The van der Waals surface area contributed by atoms with E-state index in [9.17, 15) is 0 Å². The summed E-state index contributed by atoms with van der Waals surface area (Å²) in [6, 6.07) is 20.6. The van der Waals surface area contributed by atoms with Crippen molar-refractivity contribution < 1.29 is 0 Å². The van der Waals surface area contributed by atoms with E-state index < -0.39 is 0 Å². The van der Waals surface area contributed by atoms with Crippen LogP contribution in [0.1, 0.15) is 17.5 Å². The minimum atomic E-state index is 0.373. The first-order chi connectivity index (χ1) is 10.9. The van der Waals surface area contributed by atoms with Crippen molar-refractivity contribution in [3.8, 4) is 0 Å². The SMILES string of the molecule is ClCC1C=C(N=C(c2ccccc2)c2ccccc2)C=CC1. The van der Waals surface area contributed by atoms with Gasteiger partial charge in [-0.05, 0) is 18.4 Å². The summed E-state index contributed by atoms with van der Waals surface area (Å²) >= 11 is 5.99. The Morgan fingerprint density at radius 3 is 2.09 bits per heavy atom. The first-order valence-corrected chi connectivity index (χ1v) is 8.04. The molecule has 0 saturated heterocycles. The molecule has 0 bridgehead atoms. The maximum Gasteiger partial charge on any atom is 0.0781 e. The van der Waals surface area contributed by atoms with E-state index in [1.54, 1.807) is 0 Å². The van der Waals surface area contributed by atoms with Gasteiger partial charge in [-0.1, -0.05) is 72.8 Å². The van der Waals surface area contributed by atoms with Gasteiger partial charge in [-0.15, -0.1) is 11.6 Å². The summed E-state index contributed by atoms with van der Waals surface area (Å²) in [6.45, 7) is 0. The highest BCUT2D eigenvalue weighted by atomic mass is 35.5. The predicted molar refractivity (Wildman–Crippen MR) is 94.6 cm³/mol. The molecule has 0 aromatic heterocycles. The van der Waals surface area contributed by atoms with Crippen LogP contribution in [0.25, 0.3) is 0 Å². The van der Waals surface area contributed by atoms with Gasteiger partial charge in [0, 0.05) is 17.0 Å². The zero-order valence-corrected chi connectivity index (χ0v) is 13.1. The third-order valence-corrected chi connectivity index (χ3v) is 4.06. The Hall–Kier alpha value is -2.12. The Labute approximate surface area is 136 Å². The van der Waals surface area contributed by atoms with E-state index in [0.29, 0.717) is 11.8 Å². The van der Waals surface area contributed by atoms with E-state index >= 15 is 0 Å². The Morgan fingerprint density at radius 1 is 0.955 bits per heavy atom. The molecule has 3 rings (SSSR count). The topological polar surface area (TPSA) is 12.4 Å². The number of alkyl halides is 1. The fraction of sp³-hybridized carbons (Fsp3) is 0.150. The molecule has 0 aliphatic heterocycles. The number of hydrogen-bond acceptors (Lipinski definition) is 1. The number of aliphatic imine (C=N–C) groups is 1. The highest BCUT2D eigenvalue weighted by Gasteiger charge is 2.11. The molecule has 0 heterocycles. The number of nitrogens with zero attached hydrogens (tertiary/aromatic N) is 1. The van der Waals surface area contributed by atoms with Crippen molar-refractivity contribution in [2.45, 2.75) is 6.42 Å². The van der Waals surface area contributed by atoms with Gasteiger partial charge in [0.05, 0.1) is 11.4 Å². The molecule has 0 amide bonds. The van der Waals surface area contributed by atoms with Gasteiger partial charge in [0.25, 0.3) is 0 Å². The van der Waals surface area contributed by atoms with Crippen molar-refractivity contribution in [2.24, 2.45) is 10.9 Å². The number of allylic oxidation sites excluding steroid dienone is 3. The fourth-order valence-corrected chi connectivity index (χ4v) is 2.74. The molecular weight excluding hydrogens is 290 g/mol.